The van der Waals surface area contributed by atoms with Gasteiger partial charge in [-0.25, -0.2) is 13.1 Å². The van der Waals surface area contributed by atoms with Crippen molar-refractivity contribution in [3.05, 3.63) is 11.6 Å². The maximum Gasteiger partial charge on any atom is 0.214 e. The standard InChI is InChI=1S/C10H20N2O3S/c1-2-15-7-8-16(13,14)12-9-10-3-5-11-6-4-10/h3,11-12H,2,4-9H2,1H3. The van der Waals surface area contributed by atoms with Gasteiger partial charge in [-0.05, 0) is 19.9 Å². The van der Waals surface area contributed by atoms with Crippen molar-refractivity contribution >= 4 is 10.0 Å². The molecule has 0 saturated carbocycles. The van der Waals surface area contributed by atoms with Crippen LogP contribution in [0, 0.1) is 0 Å². The molecule has 0 radical (unpaired) electrons. The van der Waals surface area contributed by atoms with Gasteiger partial charge in [-0.3, -0.25) is 0 Å². The maximum atomic E-state index is 11.5. The molecule has 0 aromatic heterocycles. The third-order valence-electron chi connectivity index (χ3n) is 2.38. The van der Waals surface area contributed by atoms with E-state index in [1.807, 2.05) is 13.0 Å². The Balaban J connectivity index is 2.27. The average Bonchev–Trinajstić information content (AvgIpc) is 2.28. The average molecular weight is 248 g/mol. The topological polar surface area (TPSA) is 67.4 Å². The SMILES string of the molecule is CCOCCS(=O)(=O)NCC1=CCNCC1. The Hall–Kier alpha value is -0.430. The lowest BCUT2D eigenvalue weighted by Gasteiger charge is -2.14. The highest BCUT2D eigenvalue weighted by atomic mass is 32.2. The van der Waals surface area contributed by atoms with Crippen molar-refractivity contribution in [1.29, 1.82) is 0 Å². The van der Waals surface area contributed by atoms with E-state index in [2.05, 4.69) is 10.0 Å². The van der Waals surface area contributed by atoms with Crippen LogP contribution in [0.2, 0.25) is 0 Å². The quantitative estimate of drug-likeness (QED) is 0.486. The molecule has 0 aromatic carbocycles. The monoisotopic (exact) mass is 248 g/mol. The molecule has 0 fully saturated rings. The Bertz CT molecular complexity index is 325. The maximum absolute atomic E-state index is 11.5. The minimum atomic E-state index is -3.19. The highest BCUT2D eigenvalue weighted by Crippen LogP contribution is 2.02. The molecule has 16 heavy (non-hydrogen) atoms. The van der Waals surface area contributed by atoms with Crippen molar-refractivity contribution in [3.8, 4) is 0 Å². The Morgan fingerprint density at radius 3 is 3.00 bits per heavy atom. The molecule has 0 spiro atoms. The van der Waals surface area contributed by atoms with E-state index >= 15 is 0 Å². The number of hydrogen-bond donors (Lipinski definition) is 2. The third-order valence-corrected chi connectivity index (χ3v) is 3.67. The molecule has 0 aromatic rings. The summed E-state index contributed by atoms with van der Waals surface area (Å²) in [5, 5.41) is 3.18. The molecule has 6 heteroatoms. The van der Waals surface area contributed by atoms with Crippen molar-refractivity contribution in [1.82, 2.24) is 10.0 Å². The Kier molecular flexibility index (Phi) is 5.97. The van der Waals surface area contributed by atoms with Crippen molar-refractivity contribution in [2.45, 2.75) is 13.3 Å². The van der Waals surface area contributed by atoms with E-state index in [1.165, 1.54) is 0 Å². The second-order valence-corrected chi connectivity index (χ2v) is 5.58. The van der Waals surface area contributed by atoms with Crippen LogP contribution in [0.15, 0.2) is 11.6 Å². The van der Waals surface area contributed by atoms with Gasteiger partial charge in [0.25, 0.3) is 0 Å². The van der Waals surface area contributed by atoms with Crippen LogP contribution in [0.5, 0.6) is 0 Å². The van der Waals surface area contributed by atoms with E-state index < -0.39 is 10.0 Å². The van der Waals surface area contributed by atoms with Crippen LogP contribution in [0.1, 0.15) is 13.3 Å². The predicted octanol–water partition coefficient (Wildman–Crippen LogP) is -0.138. The first-order valence-corrected chi connectivity index (χ1v) is 7.23. The molecule has 94 valence electrons. The number of rotatable bonds is 7. The van der Waals surface area contributed by atoms with E-state index in [4.69, 9.17) is 4.74 Å². The molecule has 0 amide bonds. The fourth-order valence-electron chi connectivity index (χ4n) is 1.42. The minimum Gasteiger partial charge on any atom is -0.381 e. The molecular formula is C10H20N2O3S. The van der Waals surface area contributed by atoms with E-state index in [-0.39, 0.29) is 12.4 Å². The lowest BCUT2D eigenvalue weighted by atomic mass is 10.1. The van der Waals surface area contributed by atoms with Gasteiger partial charge >= 0.3 is 0 Å². The van der Waals surface area contributed by atoms with Crippen molar-refractivity contribution in [3.63, 3.8) is 0 Å². The van der Waals surface area contributed by atoms with Crippen LogP contribution in [-0.2, 0) is 14.8 Å². The molecule has 0 bridgehead atoms. The summed E-state index contributed by atoms with van der Waals surface area (Å²) < 4.78 is 30.6. The van der Waals surface area contributed by atoms with Crippen LogP contribution in [0.4, 0.5) is 0 Å². The number of sulfonamides is 1. The van der Waals surface area contributed by atoms with Crippen LogP contribution in [-0.4, -0.2) is 47.0 Å². The number of hydrogen-bond acceptors (Lipinski definition) is 4. The van der Waals surface area contributed by atoms with Gasteiger partial charge in [0, 0.05) is 19.7 Å². The summed E-state index contributed by atoms with van der Waals surface area (Å²) in [6.45, 7) is 4.83. The van der Waals surface area contributed by atoms with E-state index in [9.17, 15) is 8.42 Å². The van der Waals surface area contributed by atoms with E-state index in [0.29, 0.717) is 13.2 Å². The van der Waals surface area contributed by atoms with E-state index in [0.717, 1.165) is 25.1 Å². The highest BCUT2D eigenvalue weighted by Gasteiger charge is 2.11. The molecule has 0 atom stereocenters. The van der Waals surface area contributed by atoms with Crippen molar-refractivity contribution in [2.75, 3.05) is 38.6 Å². The molecule has 1 aliphatic heterocycles. The second kappa shape index (κ2) is 7.01. The van der Waals surface area contributed by atoms with Gasteiger partial charge in [-0.15, -0.1) is 0 Å². The normalized spacial score (nSPS) is 17.2. The molecule has 0 saturated heterocycles. The second-order valence-electron chi connectivity index (χ2n) is 3.65. The number of nitrogens with one attached hydrogen (secondary N) is 2. The lowest BCUT2D eigenvalue weighted by Crippen LogP contribution is -2.32. The van der Waals surface area contributed by atoms with Crippen molar-refractivity contribution < 1.29 is 13.2 Å². The summed E-state index contributed by atoms with van der Waals surface area (Å²) in [4.78, 5) is 0. The van der Waals surface area contributed by atoms with Gasteiger partial charge in [0.15, 0.2) is 0 Å². The van der Waals surface area contributed by atoms with Crippen LogP contribution >= 0.6 is 0 Å². The summed E-state index contributed by atoms with van der Waals surface area (Å²) in [7, 11) is -3.19. The summed E-state index contributed by atoms with van der Waals surface area (Å²) in [5.41, 5.74) is 1.15. The molecule has 1 heterocycles. The summed E-state index contributed by atoms with van der Waals surface area (Å²) in [6, 6.07) is 0. The Morgan fingerprint density at radius 2 is 2.38 bits per heavy atom. The number of ether oxygens (including phenoxy) is 1. The molecule has 1 aliphatic rings. The minimum absolute atomic E-state index is 0.0341. The zero-order valence-corrected chi connectivity index (χ0v) is 10.5. The van der Waals surface area contributed by atoms with Crippen molar-refractivity contribution in [2.24, 2.45) is 0 Å². The van der Waals surface area contributed by atoms with Gasteiger partial charge in [-0.2, -0.15) is 0 Å². The fraction of sp³-hybridized carbons (Fsp3) is 0.800. The highest BCUT2D eigenvalue weighted by molar-refractivity contribution is 7.89. The molecule has 0 unspecified atom stereocenters. The zero-order chi connectivity index (χ0) is 11.9. The summed E-state index contributed by atoms with van der Waals surface area (Å²) >= 11 is 0. The van der Waals surface area contributed by atoms with Crippen LogP contribution < -0.4 is 10.0 Å². The first-order chi connectivity index (χ1) is 7.64. The molecular weight excluding hydrogens is 228 g/mol. The predicted molar refractivity (Wildman–Crippen MR) is 63.9 cm³/mol. The first-order valence-electron chi connectivity index (χ1n) is 5.58. The van der Waals surface area contributed by atoms with Crippen LogP contribution in [0.3, 0.4) is 0 Å². The van der Waals surface area contributed by atoms with Gasteiger partial charge in [-0.1, -0.05) is 11.6 Å². The summed E-state index contributed by atoms with van der Waals surface area (Å²) in [5.74, 6) is 0.0341. The smallest absolute Gasteiger partial charge is 0.214 e. The summed E-state index contributed by atoms with van der Waals surface area (Å²) in [6.07, 6.45) is 2.95. The Morgan fingerprint density at radius 1 is 1.56 bits per heavy atom. The van der Waals surface area contributed by atoms with Gasteiger partial charge in [0.1, 0.15) is 0 Å². The fourth-order valence-corrected chi connectivity index (χ4v) is 2.30. The first kappa shape index (κ1) is 13.6. The van der Waals surface area contributed by atoms with Gasteiger partial charge in [0.2, 0.25) is 10.0 Å². The lowest BCUT2D eigenvalue weighted by molar-refractivity contribution is 0.163. The Labute approximate surface area is 97.3 Å². The van der Waals surface area contributed by atoms with Gasteiger partial charge < -0.3 is 10.1 Å². The molecule has 2 N–H and O–H groups in total. The van der Waals surface area contributed by atoms with Gasteiger partial charge in [0.05, 0.1) is 12.4 Å². The molecule has 5 nitrogen and oxygen atoms in total. The van der Waals surface area contributed by atoms with Crippen LogP contribution in [0.25, 0.3) is 0 Å². The molecule has 0 aliphatic carbocycles. The molecule has 1 rings (SSSR count). The largest absolute Gasteiger partial charge is 0.381 e. The van der Waals surface area contributed by atoms with E-state index in [1.54, 1.807) is 0 Å². The zero-order valence-electron chi connectivity index (χ0n) is 9.66. The third kappa shape index (κ3) is 5.60.